The molecule has 0 saturated heterocycles. The fraction of sp³-hybridized carbons (Fsp3) is 0.333. The van der Waals surface area contributed by atoms with Crippen molar-refractivity contribution < 1.29 is 9.59 Å². The molecule has 2 atom stereocenters. The summed E-state index contributed by atoms with van der Waals surface area (Å²) in [6.07, 6.45) is 0.555. The molecule has 2 aromatic carbocycles. The van der Waals surface area contributed by atoms with Gasteiger partial charge in [0, 0.05) is 13.1 Å². The van der Waals surface area contributed by atoms with E-state index in [0.29, 0.717) is 19.5 Å². The maximum Gasteiger partial charge on any atom is 0.235 e. The van der Waals surface area contributed by atoms with E-state index in [0.717, 1.165) is 11.1 Å². The van der Waals surface area contributed by atoms with Gasteiger partial charge in [0.25, 0.3) is 0 Å². The second-order valence-corrected chi connectivity index (χ2v) is 6.91. The quantitative estimate of drug-likeness (QED) is 0.833. The highest BCUT2D eigenvalue weighted by atomic mass is 16.2. The van der Waals surface area contributed by atoms with Crippen molar-refractivity contribution in [2.45, 2.75) is 31.8 Å². The van der Waals surface area contributed by atoms with Crippen LogP contribution in [0.1, 0.15) is 29.5 Å². The highest BCUT2D eigenvalue weighted by Gasteiger charge is 2.31. The number of nitrogens with zero attached hydrogens (tertiary/aromatic N) is 1. The summed E-state index contributed by atoms with van der Waals surface area (Å²) in [6.45, 7) is 3.38. The van der Waals surface area contributed by atoms with Gasteiger partial charge in [0.15, 0.2) is 0 Å². The fourth-order valence-electron chi connectivity index (χ4n) is 3.43. The maximum absolute atomic E-state index is 12.4. The molecule has 1 heterocycles. The van der Waals surface area contributed by atoms with Crippen LogP contribution in [0, 0.1) is 0 Å². The van der Waals surface area contributed by atoms with Crippen molar-refractivity contribution in [2.75, 3.05) is 13.1 Å². The number of nitrogens with two attached hydrogens (primary N) is 1. The molecular formula is C21H25N3O2. The molecule has 26 heavy (non-hydrogen) atoms. The van der Waals surface area contributed by atoms with Gasteiger partial charge in [0.1, 0.15) is 0 Å². The normalized spacial score (nSPS) is 18.0. The summed E-state index contributed by atoms with van der Waals surface area (Å²) in [5.74, 6) is -0.238. The average Bonchev–Trinajstić information content (AvgIpc) is 2.66. The van der Waals surface area contributed by atoms with E-state index >= 15 is 0 Å². The third-order valence-corrected chi connectivity index (χ3v) is 5.00. The Morgan fingerprint density at radius 3 is 2.46 bits per heavy atom. The van der Waals surface area contributed by atoms with Gasteiger partial charge in [0.2, 0.25) is 11.8 Å². The van der Waals surface area contributed by atoms with Gasteiger partial charge in [-0.05, 0) is 29.0 Å². The van der Waals surface area contributed by atoms with Crippen LogP contribution in [-0.2, 0) is 22.6 Å². The number of benzene rings is 2. The van der Waals surface area contributed by atoms with E-state index in [1.807, 2.05) is 47.4 Å². The Bertz CT molecular complexity index is 776. The van der Waals surface area contributed by atoms with Crippen molar-refractivity contribution in [3.63, 3.8) is 0 Å². The number of carbonyl (C=O) groups is 2. The summed E-state index contributed by atoms with van der Waals surface area (Å²) in [7, 11) is 0. The van der Waals surface area contributed by atoms with Crippen LogP contribution in [0.15, 0.2) is 54.6 Å². The SMILES string of the molecule is CC(CNC(=O)CN1Cc2ccccc2CC1C(N)=O)c1ccccc1. The molecule has 0 spiro atoms. The summed E-state index contributed by atoms with van der Waals surface area (Å²) >= 11 is 0. The molecule has 5 heteroatoms. The Morgan fingerprint density at radius 1 is 1.12 bits per heavy atom. The van der Waals surface area contributed by atoms with Gasteiger partial charge >= 0.3 is 0 Å². The Hall–Kier alpha value is -2.66. The van der Waals surface area contributed by atoms with Gasteiger partial charge < -0.3 is 11.1 Å². The molecule has 0 aromatic heterocycles. The molecule has 3 N–H and O–H groups in total. The largest absolute Gasteiger partial charge is 0.368 e. The van der Waals surface area contributed by atoms with E-state index in [2.05, 4.69) is 24.4 Å². The Balaban J connectivity index is 1.60. The van der Waals surface area contributed by atoms with Crippen molar-refractivity contribution in [1.29, 1.82) is 0 Å². The zero-order valence-electron chi connectivity index (χ0n) is 15.0. The number of nitrogens with one attached hydrogen (secondary N) is 1. The number of primary amides is 1. The Morgan fingerprint density at radius 2 is 1.77 bits per heavy atom. The zero-order valence-corrected chi connectivity index (χ0v) is 15.0. The van der Waals surface area contributed by atoms with Gasteiger partial charge in [-0.15, -0.1) is 0 Å². The maximum atomic E-state index is 12.4. The first kappa shape index (κ1) is 18.1. The number of hydrogen-bond acceptors (Lipinski definition) is 3. The first-order valence-corrected chi connectivity index (χ1v) is 8.96. The van der Waals surface area contributed by atoms with Gasteiger partial charge in [0.05, 0.1) is 12.6 Å². The van der Waals surface area contributed by atoms with Crippen molar-refractivity contribution in [3.8, 4) is 0 Å². The first-order valence-electron chi connectivity index (χ1n) is 8.96. The first-order chi connectivity index (χ1) is 12.5. The highest BCUT2D eigenvalue weighted by molar-refractivity contribution is 5.83. The Kier molecular flexibility index (Phi) is 5.68. The highest BCUT2D eigenvalue weighted by Crippen LogP contribution is 2.23. The minimum atomic E-state index is -0.442. The monoisotopic (exact) mass is 351 g/mol. The molecular weight excluding hydrogens is 326 g/mol. The third kappa shape index (κ3) is 4.29. The number of carbonyl (C=O) groups excluding carboxylic acids is 2. The van der Waals surface area contributed by atoms with Gasteiger partial charge in [-0.3, -0.25) is 14.5 Å². The molecule has 0 bridgehead atoms. The third-order valence-electron chi connectivity index (χ3n) is 5.00. The molecule has 1 aliphatic rings. The second kappa shape index (κ2) is 8.15. The lowest BCUT2D eigenvalue weighted by molar-refractivity contribution is -0.127. The summed E-state index contributed by atoms with van der Waals surface area (Å²) in [6, 6.07) is 17.6. The molecule has 2 amide bonds. The van der Waals surface area contributed by atoms with Gasteiger partial charge in [-0.2, -0.15) is 0 Å². The van der Waals surface area contributed by atoms with Crippen LogP contribution in [0.2, 0.25) is 0 Å². The van der Waals surface area contributed by atoms with Crippen LogP contribution in [0.3, 0.4) is 0 Å². The number of hydrogen-bond donors (Lipinski definition) is 2. The standard InChI is InChI=1S/C21H25N3O2/c1-15(16-7-3-2-4-8-16)12-23-20(25)14-24-13-18-10-6-5-9-17(18)11-19(24)21(22)26/h2-10,15,19H,11-14H2,1H3,(H2,22,26)(H,23,25). The Labute approximate surface area is 154 Å². The number of amides is 2. The molecule has 0 fully saturated rings. The van der Waals surface area contributed by atoms with Crippen LogP contribution in [0.4, 0.5) is 0 Å². The minimum Gasteiger partial charge on any atom is -0.368 e. The summed E-state index contributed by atoms with van der Waals surface area (Å²) in [5, 5.41) is 2.98. The predicted molar refractivity (Wildman–Crippen MR) is 101 cm³/mol. The minimum absolute atomic E-state index is 0.0848. The molecule has 0 radical (unpaired) electrons. The molecule has 1 aliphatic heterocycles. The lowest BCUT2D eigenvalue weighted by Gasteiger charge is -2.34. The molecule has 5 nitrogen and oxygen atoms in total. The predicted octanol–water partition coefficient (Wildman–Crippen LogP) is 1.82. The molecule has 3 rings (SSSR count). The zero-order chi connectivity index (χ0) is 18.5. The number of fused-ring (bicyclic) bond motifs is 1. The lowest BCUT2D eigenvalue weighted by atomic mass is 9.93. The second-order valence-electron chi connectivity index (χ2n) is 6.91. The summed E-state index contributed by atoms with van der Waals surface area (Å²) in [4.78, 5) is 26.1. The van der Waals surface area contributed by atoms with E-state index in [1.165, 1.54) is 5.56 Å². The van der Waals surface area contributed by atoms with Crippen molar-refractivity contribution in [3.05, 3.63) is 71.3 Å². The van der Waals surface area contributed by atoms with Crippen molar-refractivity contribution in [2.24, 2.45) is 5.73 Å². The van der Waals surface area contributed by atoms with E-state index in [9.17, 15) is 9.59 Å². The fourth-order valence-corrected chi connectivity index (χ4v) is 3.43. The van der Waals surface area contributed by atoms with E-state index < -0.39 is 6.04 Å². The molecule has 0 aliphatic carbocycles. The van der Waals surface area contributed by atoms with E-state index in [-0.39, 0.29) is 24.3 Å². The van der Waals surface area contributed by atoms with E-state index in [1.54, 1.807) is 0 Å². The van der Waals surface area contributed by atoms with Crippen LogP contribution >= 0.6 is 0 Å². The molecule has 2 aromatic rings. The lowest BCUT2D eigenvalue weighted by Crippen LogP contribution is -2.51. The summed E-state index contributed by atoms with van der Waals surface area (Å²) in [5.41, 5.74) is 9.04. The number of rotatable bonds is 6. The van der Waals surface area contributed by atoms with Gasteiger partial charge in [-0.1, -0.05) is 61.5 Å². The van der Waals surface area contributed by atoms with Crippen LogP contribution in [0.5, 0.6) is 0 Å². The van der Waals surface area contributed by atoms with Crippen molar-refractivity contribution >= 4 is 11.8 Å². The molecule has 2 unspecified atom stereocenters. The topological polar surface area (TPSA) is 75.4 Å². The van der Waals surface area contributed by atoms with E-state index in [4.69, 9.17) is 5.73 Å². The molecule has 0 saturated carbocycles. The summed E-state index contributed by atoms with van der Waals surface area (Å²) < 4.78 is 0. The van der Waals surface area contributed by atoms with Crippen LogP contribution in [-0.4, -0.2) is 35.8 Å². The average molecular weight is 351 g/mol. The smallest absolute Gasteiger partial charge is 0.235 e. The van der Waals surface area contributed by atoms with Crippen molar-refractivity contribution in [1.82, 2.24) is 10.2 Å². The van der Waals surface area contributed by atoms with Crippen LogP contribution < -0.4 is 11.1 Å². The molecule has 136 valence electrons. The van der Waals surface area contributed by atoms with Gasteiger partial charge in [-0.25, -0.2) is 0 Å². The van der Waals surface area contributed by atoms with Crippen LogP contribution in [0.25, 0.3) is 0 Å².